The lowest BCUT2D eigenvalue weighted by molar-refractivity contribution is -0.143. The topological polar surface area (TPSA) is 66.8 Å². The zero-order valence-electron chi connectivity index (χ0n) is 10.4. The molecule has 3 saturated carbocycles. The quantitative estimate of drug-likeness (QED) is 0.693. The summed E-state index contributed by atoms with van der Waals surface area (Å²) >= 11 is 0. The highest BCUT2D eigenvalue weighted by Crippen LogP contribution is 2.67. The molecule has 1 saturated heterocycles. The van der Waals surface area contributed by atoms with Gasteiger partial charge in [-0.25, -0.2) is 0 Å². The van der Waals surface area contributed by atoms with Crippen LogP contribution in [0.1, 0.15) is 12.8 Å². The van der Waals surface area contributed by atoms with Crippen molar-refractivity contribution in [2.75, 3.05) is 19.8 Å². The van der Waals surface area contributed by atoms with Crippen molar-refractivity contribution >= 4 is 5.97 Å². The highest BCUT2D eigenvalue weighted by molar-refractivity contribution is 5.76. The molecule has 8 atom stereocenters. The Morgan fingerprint density at radius 2 is 1.72 bits per heavy atom. The molecule has 4 nitrogen and oxygen atoms in total. The fourth-order valence-corrected chi connectivity index (χ4v) is 5.92. The number of carbonyl (C=O) groups excluding carboxylic acids is 1. The normalized spacial score (nSPS) is 56.7. The van der Waals surface area contributed by atoms with Crippen LogP contribution in [0.5, 0.6) is 0 Å². The van der Waals surface area contributed by atoms with Crippen molar-refractivity contribution in [1.29, 1.82) is 0 Å². The van der Waals surface area contributed by atoms with Crippen LogP contribution in [0, 0.1) is 47.3 Å². The Kier molecular flexibility index (Phi) is 2.31. The molecule has 0 spiro atoms. The predicted octanol–water partition coefficient (Wildman–Crippen LogP) is 0.278. The molecule has 0 unspecified atom stereocenters. The number of hydrogen-bond acceptors (Lipinski definition) is 4. The van der Waals surface area contributed by atoms with Crippen molar-refractivity contribution in [3.63, 3.8) is 0 Å². The molecular weight excluding hydrogens is 232 g/mol. The molecule has 18 heavy (non-hydrogen) atoms. The van der Waals surface area contributed by atoms with Gasteiger partial charge in [-0.2, -0.15) is 0 Å². The molecule has 0 aromatic heterocycles. The molecule has 100 valence electrons. The van der Waals surface area contributed by atoms with Gasteiger partial charge < -0.3 is 14.9 Å². The lowest BCUT2D eigenvalue weighted by Crippen LogP contribution is -2.26. The fraction of sp³-hybridized carbons (Fsp3) is 0.929. The van der Waals surface area contributed by atoms with Crippen LogP contribution < -0.4 is 0 Å². The lowest BCUT2D eigenvalue weighted by Gasteiger charge is -2.22. The molecule has 4 rings (SSSR count). The summed E-state index contributed by atoms with van der Waals surface area (Å²) in [7, 11) is 0. The summed E-state index contributed by atoms with van der Waals surface area (Å²) in [4.78, 5) is 12.0. The SMILES string of the molecule is O=C1OC[C@H]2[C@@H]1[C@H]1[C@@H](CO)C[C@H]3C[C@@H](CO)[C@@H]2[C@H]31. The Balaban J connectivity index is 1.74. The van der Waals surface area contributed by atoms with E-state index < -0.39 is 0 Å². The van der Waals surface area contributed by atoms with Gasteiger partial charge in [0.25, 0.3) is 0 Å². The molecule has 4 aliphatic rings. The maximum Gasteiger partial charge on any atom is 0.309 e. The number of cyclic esters (lactones) is 1. The number of esters is 1. The second-order valence-corrected chi connectivity index (χ2v) is 6.67. The second kappa shape index (κ2) is 3.70. The van der Waals surface area contributed by atoms with E-state index in [-0.39, 0.29) is 31.0 Å². The lowest BCUT2D eigenvalue weighted by atomic mass is 9.82. The minimum Gasteiger partial charge on any atom is -0.465 e. The van der Waals surface area contributed by atoms with E-state index in [2.05, 4.69) is 0 Å². The van der Waals surface area contributed by atoms with Crippen molar-refractivity contribution < 1.29 is 19.7 Å². The molecule has 0 bridgehead atoms. The van der Waals surface area contributed by atoms with E-state index in [9.17, 15) is 15.0 Å². The summed E-state index contributed by atoms with van der Waals surface area (Å²) in [5, 5.41) is 19.1. The van der Waals surface area contributed by atoms with Gasteiger partial charge in [-0.1, -0.05) is 0 Å². The van der Waals surface area contributed by atoms with Gasteiger partial charge in [0.05, 0.1) is 12.5 Å². The number of aliphatic hydroxyl groups excluding tert-OH is 2. The minimum atomic E-state index is -0.0461. The summed E-state index contributed by atoms with van der Waals surface area (Å²) in [5.74, 6) is 2.86. The van der Waals surface area contributed by atoms with Crippen molar-refractivity contribution in [3.8, 4) is 0 Å². The van der Waals surface area contributed by atoms with E-state index in [0.717, 1.165) is 12.8 Å². The van der Waals surface area contributed by atoms with Crippen molar-refractivity contribution in [3.05, 3.63) is 0 Å². The molecule has 3 aliphatic carbocycles. The number of carbonyl (C=O) groups is 1. The molecule has 1 aliphatic heterocycles. The minimum absolute atomic E-state index is 0.0106. The summed E-state index contributed by atoms with van der Waals surface area (Å²) in [6, 6.07) is 0. The van der Waals surface area contributed by atoms with Crippen LogP contribution in [0.15, 0.2) is 0 Å². The molecule has 0 aromatic carbocycles. The predicted molar refractivity (Wildman–Crippen MR) is 62.3 cm³/mol. The maximum atomic E-state index is 12.0. The number of aliphatic hydroxyl groups is 2. The summed E-state index contributed by atoms with van der Waals surface area (Å²) in [6.07, 6.45) is 2.12. The molecule has 4 fully saturated rings. The Labute approximate surface area is 106 Å². The zero-order chi connectivity index (χ0) is 12.4. The number of hydrogen-bond donors (Lipinski definition) is 2. The van der Waals surface area contributed by atoms with Crippen molar-refractivity contribution in [2.24, 2.45) is 47.3 Å². The first-order chi connectivity index (χ1) is 8.76. The molecule has 0 radical (unpaired) electrons. The molecule has 0 aromatic rings. The smallest absolute Gasteiger partial charge is 0.309 e. The highest BCUT2D eigenvalue weighted by Gasteiger charge is 2.67. The molecule has 0 amide bonds. The van der Waals surface area contributed by atoms with E-state index in [4.69, 9.17) is 4.74 Å². The van der Waals surface area contributed by atoms with E-state index in [1.54, 1.807) is 0 Å². The number of fused-ring (bicyclic) bond motifs is 3. The van der Waals surface area contributed by atoms with Gasteiger partial charge in [-0.3, -0.25) is 4.79 Å². The van der Waals surface area contributed by atoms with Gasteiger partial charge in [0.2, 0.25) is 0 Å². The molecular formula is C14H20O4. The Morgan fingerprint density at radius 3 is 2.39 bits per heavy atom. The van der Waals surface area contributed by atoms with Crippen LogP contribution in [0.3, 0.4) is 0 Å². The van der Waals surface area contributed by atoms with E-state index in [1.807, 2.05) is 0 Å². The van der Waals surface area contributed by atoms with Crippen molar-refractivity contribution in [1.82, 2.24) is 0 Å². The van der Waals surface area contributed by atoms with Crippen LogP contribution in [0.4, 0.5) is 0 Å². The third-order valence-electron chi connectivity index (χ3n) is 6.26. The average Bonchev–Trinajstić information content (AvgIpc) is 3.04. The average molecular weight is 252 g/mol. The second-order valence-electron chi connectivity index (χ2n) is 6.67. The summed E-state index contributed by atoms with van der Waals surface area (Å²) < 4.78 is 5.26. The first-order valence-electron chi connectivity index (χ1n) is 7.14. The largest absolute Gasteiger partial charge is 0.465 e. The fourth-order valence-electron chi connectivity index (χ4n) is 5.92. The van der Waals surface area contributed by atoms with Crippen LogP contribution in [-0.2, 0) is 9.53 Å². The monoisotopic (exact) mass is 252 g/mol. The Morgan fingerprint density at radius 1 is 1.06 bits per heavy atom. The summed E-state index contributed by atoms with van der Waals surface area (Å²) in [6.45, 7) is 0.985. The van der Waals surface area contributed by atoms with Gasteiger partial charge in [-0.05, 0) is 48.3 Å². The van der Waals surface area contributed by atoms with Crippen LogP contribution >= 0.6 is 0 Å². The molecule has 2 N–H and O–H groups in total. The van der Waals surface area contributed by atoms with Gasteiger partial charge in [0, 0.05) is 19.1 Å². The third kappa shape index (κ3) is 1.16. The van der Waals surface area contributed by atoms with Crippen LogP contribution in [0.2, 0.25) is 0 Å². The van der Waals surface area contributed by atoms with E-state index in [1.165, 1.54) is 0 Å². The van der Waals surface area contributed by atoms with Gasteiger partial charge >= 0.3 is 5.97 Å². The van der Waals surface area contributed by atoms with Crippen molar-refractivity contribution in [2.45, 2.75) is 12.8 Å². The first-order valence-corrected chi connectivity index (χ1v) is 7.14. The number of rotatable bonds is 2. The van der Waals surface area contributed by atoms with Gasteiger partial charge in [0.15, 0.2) is 0 Å². The van der Waals surface area contributed by atoms with E-state index in [0.29, 0.717) is 42.1 Å². The Hall–Kier alpha value is -0.610. The standard InChI is InChI=1S/C14H20O4/c15-3-7-1-6-2-8(4-16)12-11(6)10(7)9-5-18-14(17)13(9)12/h6-13,15-16H,1-5H2/t6-,7+,8-,9-,10+,11+,12+,13-/m1/s1. The Bertz CT molecular complexity index is 382. The van der Waals surface area contributed by atoms with E-state index >= 15 is 0 Å². The first kappa shape index (κ1) is 11.2. The van der Waals surface area contributed by atoms with Gasteiger partial charge in [0.1, 0.15) is 0 Å². The third-order valence-corrected chi connectivity index (χ3v) is 6.26. The highest BCUT2D eigenvalue weighted by atomic mass is 16.5. The zero-order valence-corrected chi connectivity index (χ0v) is 10.4. The molecule has 1 heterocycles. The molecule has 4 heteroatoms. The van der Waals surface area contributed by atoms with Gasteiger partial charge in [-0.15, -0.1) is 0 Å². The maximum absolute atomic E-state index is 12.0. The summed E-state index contributed by atoms with van der Waals surface area (Å²) in [5.41, 5.74) is 0. The van der Waals surface area contributed by atoms with Crippen LogP contribution in [0.25, 0.3) is 0 Å². The van der Waals surface area contributed by atoms with Crippen LogP contribution in [-0.4, -0.2) is 36.0 Å². The number of ether oxygens (including phenoxy) is 1.